The van der Waals surface area contributed by atoms with E-state index >= 15 is 0 Å². The van der Waals surface area contributed by atoms with Gasteiger partial charge >= 0.3 is 0 Å². The van der Waals surface area contributed by atoms with Crippen LogP contribution in [-0.4, -0.2) is 15.9 Å². The first kappa shape index (κ1) is 12.7. The van der Waals surface area contributed by atoms with E-state index in [0.717, 1.165) is 12.1 Å². The first-order chi connectivity index (χ1) is 8.69. The normalized spacial score (nSPS) is 10.1. The Morgan fingerprint density at radius 1 is 1.22 bits per heavy atom. The molecule has 18 heavy (non-hydrogen) atoms. The Kier molecular flexibility index (Phi) is 4.04. The zero-order chi connectivity index (χ0) is 13.0. The van der Waals surface area contributed by atoms with Crippen LogP contribution in [0.25, 0.3) is 0 Å². The highest BCUT2D eigenvalue weighted by atomic mass is 79.9. The van der Waals surface area contributed by atoms with Gasteiger partial charge in [-0.15, -0.1) is 0 Å². The number of nitrogens with one attached hydrogen (secondary N) is 1. The third kappa shape index (κ3) is 3.13. The smallest absolute Gasteiger partial charge is 0.275 e. The maximum Gasteiger partial charge on any atom is 0.275 e. The number of aromatic nitrogens is 2. The molecule has 2 aromatic rings. The summed E-state index contributed by atoms with van der Waals surface area (Å²) in [6.45, 7) is 2.09. The number of nitrogens with zero attached hydrogens (tertiary/aromatic N) is 2. The summed E-state index contributed by atoms with van der Waals surface area (Å²) in [7, 11) is 0. The van der Waals surface area contributed by atoms with Crippen molar-refractivity contribution >= 4 is 27.5 Å². The van der Waals surface area contributed by atoms with Gasteiger partial charge in [0.25, 0.3) is 5.91 Å². The molecule has 1 amide bonds. The van der Waals surface area contributed by atoms with Gasteiger partial charge in [-0.3, -0.25) is 4.79 Å². The predicted octanol–water partition coefficient (Wildman–Crippen LogP) is 3.05. The second-order valence-corrected chi connectivity index (χ2v) is 4.54. The Balaban J connectivity index is 2.08. The summed E-state index contributed by atoms with van der Waals surface area (Å²) in [5.74, 6) is -0.265. The zero-order valence-electron chi connectivity index (χ0n) is 9.85. The lowest BCUT2D eigenvalue weighted by atomic mass is 10.1. The number of amides is 1. The molecule has 0 saturated heterocycles. The highest BCUT2D eigenvalue weighted by molar-refractivity contribution is 9.10. The van der Waals surface area contributed by atoms with E-state index in [2.05, 4.69) is 38.1 Å². The molecule has 1 N–H and O–H groups in total. The maximum absolute atomic E-state index is 11.9. The molecule has 92 valence electrons. The molecule has 4 nitrogen and oxygen atoms in total. The minimum absolute atomic E-state index is 0.265. The molecule has 0 atom stereocenters. The Morgan fingerprint density at radius 3 is 2.50 bits per heavy atom. The van der Waals surface area contributed by atoms with E-state index in [-0.39, 0.29) is 11.6 Å². The highest BCUT2D eigenvalue weighted by Crippen LogP contribution is 2.11. The van der Waals surface area contributed by atoms with Crippen LogP contribution in [0.5, 0.6) is 0 Å². The Labute approximate surface area is 114 Å². The SMILES string of the molecule is CCc1ccc(NC(=O)c2cnc(Br)cn2)cc1. The molecule has 1 heterocycles. The first-order valence-electron chi connectivity index (χ1n) is 5.57. The van der Waals surface area contributed by atoms with Crippen LogP contribution in [0.4, 0.5) is 5.69 Å². The van der Waals surface area contributed by atoms with Crippen LogP contribution in [0.1, 0.15) is 23.0 Å². The molecule has 0 aliphatic carbocycles. The summed E-state index contributed by atoms with van der Waals surface area (Å²) >= 11 is 3.17. The Hall–Kier alpha value is -1.75. The van der Waals surface area contributed by atoms with Gasteiger partial charge in [-0.2, -0.15) is 0 Å². The average molecular weight is 306 g/mol. The largest absolute Gasteiger partial charge is 0.321 e. The number of hydrogen-bond donors (Lipinski definition) is 1. The van der Waals surface area contributed by atoms with Crippen LogP contribution >= 0.6 is 15.9 Å². The van der Waals surface area contributed by atoms with Crippen molar-refractivity contribution in [1.29, 1.82) is 0 Å². The van der Waals surface area contributed by atoms with Crippen LogP contribution < -0.4 is 5.32 Å². The maximum atomic E-state index is 11.9. The minimum atomic E-state index is -0.265. The average Bonchev–Trinajstić information content (AvgIpc) is 2.40. The van der Waals surface area contributed by atoms with Crippen molar-refractivity contribution in [2.45, 2.75) is 13.3 Å². The van der Waals surface area contributed by atoms with Gasteiger partial charge < -0.3 is 5.32 Å². The number of hydrogen-bond acceptors (Lipinski definition) is 3. The fourth-order valence-corrected chi connectivity index (χ4v) is 1.65. The van der Waals surface area contributed by atoms with Crippen LogP contribution in [-0.2, 0) is 6.42 Å². The number of anilines is 1. The van der Waals surface area contributed by atoms with Crippen molar-refractivity contribution in [2.75, 3.05) is 5.32 Å². The molecule has 0 aliphatic heterocycles. The fourth-order valence-electron chi connectivity index (χ4n) is 1.45. The molecule has 0 aliphatic rings. The van der Waals surface area contributed by atoms with Gasteiger partial charge in [-0.25, -0.2) is 9.97 Å². The molecule has 0 bridgehead atoms. The molecule has 5 heteroatoms. The monoisotopic (exact) mass is 305 g/mol. The van der Waals surface area contributed by atoms with Crippen molar-refractivity contribution in [3.05, 3.63) is 52.5 Å². The predicted molar refractivity (Wildman–Crippen MR) is 73.5 cm³/mol. The number of carbonyl (C=O) groups excluding carboxylic acids is 1. The summed E-state index contributed by atoms with van der Waals surface area (Å²) in [4.78, 5) is 19.8. The molecule has 0 saturated carbocycles. The lowest BCUT2D eigenvalue weighted by Gasteiger charge is -2.05. The third-order valence-corrected chi connectivity index (χ3v) is 2.88. The molecule has 1 aromatic carbocycles. The second-order valence-electron chi connectivity index (χ2n) is 3.73. The van der Waals surface area contributed by atoms with Gasteiger partial charge in [-0.05, 0) is 40.0 Å². The molecule has 2 rings (SSSR count). The van der Waals surface area contributed by atoms with E-state index in [4.69, 9.17) is 0 Å². The van der Waals surface area contributed by atoms with Gasteiger partial charge in [0, 0.05) is 5.69 Å². The number of rotatable bonds is 3. The van der Waals surface area contributed by atoms with E-state index < -0.39 is 0 Å². The van der Waals surface area contributed by atoms with Gasteiger partial charge in [-0.1, -0.05) is 19.1 Å². The molecule has 0 radical (unpaired) electrons. The Bertz CT molecular complexity index is 537. The Morgan fingerprint density at radius 2 is 1.94 bits per heavy atom. The lowest BCUT2D eigenvalue weighted by Crippen LogP contribution is -2.13. The first-order valence-corrected chi connectivity index (χ1v) is 6.36. The summed E-state index contributed by atoms with van der Waals surface area (Å²) in [6.07, 6.45) is 3.90. The van der Waals surface area contributed by atoms with Gasteiger partial charge in [0.15, 0.2) is 0 Å². The quantitative estimate of drug-likeness (QED) is 0.948. The summed E-state index contributed by atoms with van der Waals surface area (Å²) in [6, 6.07) is 7.73. The van der Waals surface area contributed by atoms with Crippen molar-refractivity contribution in [2.24, 2.45) is 0 Å². The molecule has 0 fully saturated rings. The number of carbonyl (C=O) groups is 1. The van der Waals surface area contributed by atoms with Crippen molar-refractivity contribution in [1.82, 2.24) is 9.97 Å². The van der Waals surface area contributed by atoms with Crippen LogP contribution in [0.15, 0.2) is 41.3 Å². The molecule has 0 unspecified atom stereocenters. The third-order valence-electron chi connectivity index (χ3n) is 2.47. The molecular formula is C13H12BrN3O. The van der Waals surface area contributed by atoms with Gasteiger partial charge in [0.2, 0.25) is 0 Å². The standard InChI is InChI=1S/C13H12BrN3O/c1-2-9-3-5-10(6-4-9)17-13(18)11-7-16-12(14)8-15-11/h3-8H,2H2,1H3,(H,17,18). The highest BCUT2D eigenvalue weighted by Gasteiger charge is 2.07. The fraction of sp³-hybridized carbons (Fsp3) is 0.154. The van der Waals surface area contributed by atoms with Crippen LogP contribution in [0, 0.1) is 0 Å². The summed E-state index contributed by atoms with van der Waals surface area (Å²) in [5.41, 5.74) is 2.27. The van der Waals surface area contributed by atoms with Crippen molar-refractivity contribution < 1.29 is 4.79 Å². The van der Waals surface area contributed by atoms with Gasteiger partial charge in [0.1, 0.15) is 10.3 Å². The molecule has 1 aromatic heterocycles. The zero-order valence-corrected chi connectivity index (χ0v) is 11.4. The van der Waals surface area contributed by atoms with Crippen LogP contribution in [0.2, 0.25) is 0 Å². The topological polar surface area (TPSA) is 54.9 Å². The summed E-state index contributed by atoms with van der Waals surface area (Å²) in [5, 5.41) is 2.77. The lowest BCUT2D eigenvalue weighted by molar-refractivity contribution is 0.102. The van der Waals surface area contributed by atoms with Crippen LogP contribution in [0.3, 0.4) is 0 Å². The van der Waals surface area contributed by atoms with Crippen molar-refractivity contribution in [3.8, 4) is 0 Å². The minimum Gasteiger partial charge on any atom is -0.321 e. The number of benzene rings is 1. The van der Waals surface area contributed by atoms with E-state index in [1.54, 1.807) is 0 Å². The van der Waals surface area contributed by atoms with Gasteiger partial charge in [0.05, 0.1) is 12.4 Å². The van der Waals surface area contributed by atoms with Crippen molar-refractivity contribution in [3.63, 3.8) is 0 Å². The summed E-state index contributed by atoms with van der Waals surface area (Å²) < 4.78 is 0.603. The second kappa shape index (κ2) is 5.73. The molecule has 0 spiro atoms. The molecular weight excluding hydrogens is 294 g/mol. The number of aryl methyl sites for hydroxylation is 1. The van der Waals surface area contributed by atoms with E-state index in [0.29, 0.717) is 4.60 Å². The van der Waals surface area contributed by atoms with E-state index in [9.17, 15) is 4.79 Å². The van der Waals surface area contributed by atoms with E-state index in [1.807, 2.05) is 24.3 Å². The number of halogens is 1. The van der Waals surface area contributed by atoms with E-state index in [1.165, 1.54) is 18.0 Å².